The van der Waals surface area contributed by atoms with E-state index in [0.29, 0.717) is 16.3 Å². The topological polar surface area (TPSA) is 214 Å². The molecule has 24 heteroatoms. The number of nitrogens with two attached hydrogens (primary N) is 1. The molecule has 2 aromatic rings. The van der Waals surface area contributed by atoms with E-state index in [2.05, 4.69) is 65.1 Å². The van der Waals surface area contributed by atoms with Gasteiger partial charge >= 0.3 is 14.0 Å². The maximum absolute atomic E-state index is 13.6. The van der Waals surface area contributed by atoms with Gasteiger partial charge in [0.2, 0.25) is 21.9 Å². The first-order valence-electron chi connectivity index (χ1n) is 22.5. The Morgan fingerprint density at radius 1 is 0.810 bits per heavy atom. The highest BCUT2D eigenvalue weighted by molar-refractivity contribution is 7.98. The van der Waals surface area contributed by atoms with Gasteiger partial charge in [0.25, 0.3) is 6.48 Å². The Labute approximate surface area is 377 Å². The Bertz CT molecular complexity index is 1710. The highest BCUT2D eigenvalue weighted by atomic mass is 32.2. The molecule has 2 aromatic heterocycles. The van der Waals surface area contributed by atoms with Gasteiger partial charge in [0.05, 0.1) is 52.2 Å². The number of fused-ring (bicyclic) bond motifs is 2. The third kappa shape index (κ3) is 13.6. The number of rotatable bonds is 26. The Morgan fingerprint density at radius 3 is 1.70 bits per heavy atom. The molecule has 3 aliphatic rings. The van der Waals surface area contributed by atoms with Gasteiger partial charge < -0.3 is 48.1 Å². The highest BCUT2D eigenvalue weighted by Crippen LogP contribution is 2.83. The Kier molecular flexibility index (Phi) is 21.6. The quantitative estimate of drug-likeness (QED) is 0.0310. The number of anilines is 1. The van der Waals surface area contributed by atoms with Crippen molar-refractivity contribution in [2.75, 3.05) is 71.6 Å². The summed E-state index contributed by atoms with van der Waals surface area (Å²) in [6.07, 6.45) is 15.9. The number of hydrogen-bond donors (Lipinski definition) is 1. The Hall–Kier alpha value is -0.990. The average Bonchev–Trinajstić information content (AvgIpc) is 3.97. The molecule has 364 valence electrons. The summed E-state index contributed by atoms with van der Waals surface area (Å²) >= 11 is 1.24. The molecule has 0 saturated carbocycles. The van der Waals surface area contributed by atoms with Crippen LogP contribution in [-0.4, -0.2) is 125 Å². The minimum atomic E-state index is -6.19. The number of imidazole rings is 1. The standard InChI is InChI=1S/C25H56N2.C14H18F2N5O11P3S/c1-7-13-19-26(20-14-8-2,21-15-9-3)25-27(22-16-10-4,23-17-11-5)24-18-12-6;1-26-13-29-7-5(3-27-33-31-34(22,23)14(15,16)35(24,25)32-33)28-11(8(7)30-13)21-4-18-6-9(17)19-12(36-2)20-10(6)21/h7-25H2,1-6H3;4-5,7-8,11,13H,3H2,1-2H3,(H,22,23)(H,24,25)(H2,17,19,20)/q+2;/p-2/t;5-,7-,8-,11-,13?/m.1/s1. The third-order valence-electron chi connectivity index (χ3n) is 11.8. The Balaban J connectivity index is 0.000000291. The van der Waals surface area contributed by atoms with E-state index in [-0.39, 0.29) is 5.82 Å². The molecule has 18 nitrogen and oxygen atoms in total. The first-order chi connectivity index (χ1) is 30.0. The lowest BCUT2D eigenvalue weighted by Crippen LogP contribution is -2.64. The largest absolute Gasteiger partial charge is 0.774 e. The van der Waals surface area contributed by atoms with Crippen molar-refractivity contribution in [3.05, 3.63) is 6.33 Å². The molecule has 0 amide bonds. The van der Waals surface area contributed by atoms with Crippen LogP contribution < -0.4 is 15.5 Å². The van der Waals surface area contributed by atoms with E-state index < -0.39 is 66.8 Å². The molecule has 5 rings (SSSR count). The average molecular weight is 978 g/mol. The second-order valence-electron chi connectivity index (χ2n) is 16.7. The van der Waals surface area contributed by atoms with Crippen molar-refractivity contribution < 1.29 is 68.8 Å². The fourth-order valence-electron chi connectivity index (χ4n) is 8.28. The lowest BCUT2D eigenvalue weighted by Gasteiger charge is -2.48. The number of methoxy groups -OCH3 is 1. The number of nitrogen functional groups attached to an aromatic ring is 1. The molecule has 2 N–H and O–H groups in total. The summed E-state index contributed by atoms with van der Waals surface area (Å²) in [5.41, 5.74) is 6.57. The molecule has 0 spiro atoms. The van der Waals surface area contributed by atoms with Gasteiger partial charge in [0, 0.05) is 7.11 Å². The first-order valence-corrected chi connectivity index (χ1v) is 27.9. The van der Waals surface area contributed by atoms with Crippen molar-refractivity contribution in [2.24, 2.45) is 0 Å². The normalized spacial score (nSPS) is 28.3. The SMILES string of the molecule is CCCC[N+](CCCC)(CCCC)C[N+](CCCC)(CCCC)CCCC.COC1O[C@@H]2[C@H](O1)[C@@H](COP1OP(=O)([O-])C(F)(F)P(=O)([O-])O1)O[C@H]2n1cnc2c(N)nc(SC)nc21. The molecular formula is C39H72F2N7O11P3S. The van der Waals surface area contributed by atoms with Crippen LogP contribution >= 0.6 is 35.6 Å². The van der Waals surface area contributed by atoms with Gasteiger partial charge in [0.15, 0.2) is 22.8 Å². The lowest BCUT2D eigenvalue weighted by atomic mass is 10.1. The van der Waals surface area contributed by atoms with E-state index in [4.69, 9.17) is 29.2 Å². The van der Waals surface area contributed by atoms with Gasteiger partial charge in [-0.1, -0.05) is 91.8 Å². The van der Waals surface area contributed by atoms with Gasteiger partial charge in [-0.05, 0) is 44.8 Å². The van der Waals surface area contributed by atoms with Crippen LogP contribution in [0.3, 0.4) is 0 Å². The molecule has 0 bridgehead atoms. The van der Waals surface area contributed by atoms with Crippen LogP contribution in [0.2, 0.25) is 0 Å². The number of ether oxygens (including phenoxy) is 4. The summed E-state index contributed by atoms with van der Waals surface area (Å²) in [6.45, 7) is 22.5. The van der Waals surface area contributed by atoms with E-state index in [9.17, 15) is 27.7 Å². The predicted octanol–water partition coefficient (Wildman–Crippen LogP) is 8.07. The summed E-state index contributed by atoms with van der Waals surface area (Å²) in [6, 6.07) is 0. The van der Waals surface area contributed by atoms with E-state index in [1.807, 2.05) is 0 Å². The molecule has 5 heterocycles. The number of halogens is 2. The van der Waals surface area contributed by atoms with E-state index >= 15 is 0 Å². The molecule has 0 aromatic carbocycles. The van der Waals surface area contributed by atoms with Crippen LogP contribution in [0.5, 0.6) is 0 Å². The minimum Gasteiger partial charge on any atom is -0.774 e. The molecule has 0 aliphatic carbocycles. The summed E-state index contributed by atoms with van der Waals surface area (Å²) in [5, 5.41) is -4.87. The van der Waals surface area contributed by atoms with Crippen LogP contribution in [0.25, 0.3) is 11.2 Å². The minimum absolute atomic E-state index is 0.131. The first kappa shape index (κ1) is 54.6. The summed E-state index contributed by atoms with van der Waals surface area (Å²) in [4.78, 5) is 36.0. The van der Waals surface area contributed by atoms with Crippen LogP contribution in [0.4, 0.5) is 14.6 Å². The third-order valence-corrected chi connectivity index (χ3v) is 18.2. The van der Waals surface area contributed by atoms with Crippen LogP contribution in [0.15, 0.2) is 11.5 Å². The van der Waals surface area contributed by atoms with E-state index in [0.717, 1.165) is 0 Å². The van der Waals surface area contributed by atoms with Crippen LogP contribution in [0, 0.1) is 0 Å². The molecular weight excluding hydrogens is 905 g/mol. The number of thioether (sulfide) groups is 1. The number of hydrogen-bond acceptors (Lipinski definition) is 16. The Morgan fingerprint density at radius 2 is 1.27 bits per heavy atom. The molecule has 3 unspecified atom stereocenters. The van der Waals surface area contributed by atoms with E-state index in [1.54, 1.807) is 6.26 Å². The zero-order valence-corrected chi connectivity index (χ0v) is 41.9. The number of aromatic nitrogens is 4. The van der Waals surface area contributed by atoms with Crippen molar-refractivity contribution in [3.8, 4) is 0 Å². The predicted molar refractivity (Wildman–Crippen MR) is 235 cm³/mol. The van der Waals surface area contributed by atoms with Gasteiger partial charge in [-0.2, -0.15) is 8.78 Å². The highest BCUT2D eigenvalue weighted by Gasteiger charge is 2.61. The molecule has 0 radical (unpaired) electrons. The zero-order chi connectivity index (χ0) is 46.5. The summed E-state index contributed by atoms with van der Waals surface area (Å²) in [5.74, 6) is 0.131. The number of alkyl halides is 2. The van der Waals surface area contributed by atoms with Gasteiger partial charge in [0.1, 0.15) is 23.8 Å². The van der Waals surface area contributed by atoms with Gasteiger partial charge in [-0.15, -0.1) is 0 Å². The van der Waals surface area contributed by atoms with Crippen LogP contribution in [0.1, 0.15) is 125 Å². The maximum Gasteiger partial charge on any atom is 0.369 e. The van der Waals surface area contributed by atoms with Gasteiger partial charge in [-0.25, -0.2) is 15.0 Å². The van der Waals surface area contributed by atoms with Crippen molar-refractivity contribution in [2.45, 2.75) is 160 Å². The second-order valence-corrected chi connectivity index (χ2v) is 22.9. The van der Waals surface area contributed by atoms with E-state index in [1.165, 1.54) is 162 Å². The maximum atomic E-state index is 13.6. The van der Waals surface area contributed by atoms with Crippen molar-refractivity contribution in [1.82, 2.24) is 19.5 Å². The second kappa shape index (κ2) is 24.9. The fraction of sp³-hybridized carbons (Fsp3) is 0.872. The molecule has 3 fully saturated rings. The number of unbranched alkanes of at least 4 members (excludes halogenated alkanes) is 6. The lowest BCUT2D eigenvalue weighted by molar-refractivity contribution is -1.10. The summed E-state index contributed by atoms with van der Waals surface area (Å²) < 4.78 is 90.5. The number of quaternary nitrogens is 2. The molecule has 7 atom stereocenters. The number of nitrogens with zero attached hydrogens (tertiary/aromatic N) is 6. The van der Waals surface area contributed by atoms with Crippen LogP contribution in [-0.2, 0) is 41.2 Å². The molecule has 3 aliphatic heterocycles. The zero-order valence-electron chi connectivity index (χ0n) is 38.4. The smallest absolute Gasteiger partial charge is 0.369 e. The van der Waals surface area contributed by atoms with Crippen molar-refractivity contribution in [3.63, 3.8) is 0 Å². The fourth-order valence-corrected chi connectivity index (χ4v) is 13.7. The molecule has 63 heavy (non-hydrogen) atoms. The van der Waals surface area contributed by atoms with Crippen molar-refractivity contribution in [1.29, 1.82) is 0 Å². The van der Waals surface area contributed by atoms with Gasteiger partial charge in [-0.3, -0.25) is 22.2 Å². The monoisotopic (exact) mass is 977 g/mol. The van der Waals surface area contributed by atoms with Crippen molar-refractivity contribution >= 4 is 52.5 Å². The molecule has 3 saturated heterocycles. The summed E-state index contributed by atoms with van der Waals surface area (Å²) in [7, 11) is -14.3.